The molecular weight excluding hydrogens is 454 g/mol. The third-order valence-corrected chi connectivity index (χ3v) is 5.31. The molecule has 0 radical (unpaired) electrons. The predicted octanol–water partition coefficient (Wildman–Crippen LogP) is 9.25. The molecule has 5 aromatic carbocycles. The Morgan fingerprint density at radius 2 is 0.812 bits per heavy atom. The van der Waals surface area contributed by atoms with Gasteiger partial charge in [-0.25, -0.2) is 0 Å². The van der Waals surface area contributed by atoms with Gasteiger partial charge in [-0.15, -0.1) is 0 Å². The molecule has 2 heteroatoms. The van der Waals surface area contributed by atoms with Crippen LogP contribution in [0.25, 0.3) is 22.3 Å². The van der Waals surface area contributed by atoms with Crippen molar-refractivity contribution in [1.82, 2.24) is 0 Å². The molecule has 5 aromatic rings. The maximum Gasteiger partial charge on any atom is 0.0635 e. The van der Waals surface area contributed by atoms with Crippen LogP contribution in [0.2, 0.25) is 0 Å². The van der Waals surface area contributed by atoms with Gasteiger partial charge >= 0.3 is 0 Å². The highest BCUT2D eigenvalue weighted by Gasteiger charge is 2.11. The van der Waals surface area contributed by atoms with Gasteiger partial charge in [-0.1, -0.05) is 101 Å². The lowest BCUT2D eigenvalue weighted by Crippen LogP contribution is -2.09. The van der Waals surface area contributed by atoms with E-state index in [2.05, 4.69) is 20.8 Å². The summed E-state index contributed by atoms with van der Waals surface area (Å²) in [6.45, 7) is 0. The van der Waals surface area contributed by atoms with E-state index >= 15 is 0 Å². The van der Waals surface area contributed by atoms with Gasteiger partial charge < -0.3 is 4.90 Å². The molecule has 0 bridgehead atoms. The minimum absolute atomic E-state index is 0.0294. The first-order valence-corrected chi connectivity index (χ1v) is 10.8. The van der Waals surface area contributed by atoms with Gasteiger partial charge in [-0.2, -0.15) is 0 Å². The van der Waals surface area contributed by atoms with Crippen molar-refractivity contribution in [1.29, 1.82) is 0 Å². The third kappa shape index (κ3) is 4.37. The van der Waals surface area contributed by atoms with Crippen LogP contribution in [0.4, 0.5) is 17.1 Å². The Morgan fingerprint density at radius 1 is 0.438 bits per heavy atom. The van der Waals surface area contributed by atoms with Crippen LogP contribution in [0, 0.1) is 0 Å². The lowest BCUT2D eigenvalue weighted by molar-refractivity contribution is 1.28. The SMILES string of the molecule is [2H]c1c([2H])c(-c2c([2H])c([2H])c(-c3ccc(N(c4ccccc4)c4ccccc4)cc3)c([2H])c2[2H])c([2H])c([2H])c1Br. The van der Waals surface area contributed by atoms with Gasteiger partial charge in [0, 0.05) is 21.5 Å². The summed E-state index contributed by atoms with van der Waals surface area (Å²) in [7, 11) is 0. The van der Waals surface area contributed by atoms with Crippen LogP contribution in [-0.4, -0.2) is 0 Å². The molecule has 0 aliphatic rings. The monoisotopic (exact) mass is 483 g/mol. The molecule has 0 aliphatic carbocycles. The molecule has 0 atom stereocenters. The molecule has 0 aromatic heterocycles. The molecule has 5 rings (SSSR count). The second-order valence-corrected chi connectivity index (χ2v) is 7.79. The number of halogens is 1. The van der Waals surface area contributed by atoms with Crippen LogP contribution in [-0.2, 0) is 0 Å². The van der Waals surface area contributed by atoms with Gasteiger partial charge in [0.1, 0.15) is 0 Å². The third-order valence-electron chi connectivity index (χ3n) is 4.91. The molecule has 0 saturated heterocycles. The minimum Gasteiger partial charge on any atom is -0.311 e. The lowest BCUT2D eigenvalue weighted by Gasteiger charge is -2.25. The first-order valence-electron chi connectivity index (χ1n) is 14.0. The maximum absolute atomic E-state index is 8.73. The first-order chi connectivity index (χ1) is 19.1. The zero-order valence-corrected chi connectivity index (χ0v) is 18.5. The van der Waals surface area contributed by atoms with Crippen molar-refractivity contribution < 1.29 is 11.0 Å². The normalized spacial score (nSPS) is 14.2. The Morgan fingerprint density at radius 3 is 1.28 bits per heavy atom. The highest BCUT2D eigenvalue weighted by Crippen LogP contribution is 2.35. The van der Waals surface area contributed by atoms with E-state index in [0.717, 1.165) is 17.1 Å². The number of hydrogen-bond acceptors (Lipinski definition) is 1. The van der Waals surface area contributed by atoms with Crippen LogP contribution in [0.1, 0.15) is 11.0 Å². The molecule has 0 fully saturated rings. The first kappa shape index (κ1) is 13.0. The minimum atomic E-state index is -0.437. The fourth-order valence-electron chi connectivity index (χ4n) is 3.38. The fraction of sp³-hybridized carbons (Fsp3) is 0. The molecule has 0 N–H and O–H groups in total. The maximum atomic E-state index is 8.73. The van der Waals surface area contributed by atoms with E-state index in [9.17, 15) is 0 Å². The molecule has 0 unspecified atom stereocenters. The van der Waals surface area contributed by atoms with Gasteiger partial charge in [0.2, 0.25) is 0 Å². The number of hydrogen-bond donors (Lipinski definition) is 0. The van der Waals surface area contributed by atoms with Gasteiger partial charge in [0.15, 0.2) is 0 Å². The Labute approximate surface area is 209 Å². The Kier molecular flexibility index (Phi) is 3.77. The number of benzene rings is 5. The van der Waals surface area contributed by atoms with Gasteiger partial charge in [0.25, 0.3) is 0 Å². The van der Waals surface area contributed by atoms with Gasteiger partial charge in [-0.3, -0.25) is 0 Å². The van der Waals surface area contributed by atoms with E-state index in [1.807, 2.05) is 72.8 Å². The molecule has 1 nitrogen and oxygen atoms in total. The van der Waals surface area contributed by atoms with E-state index in [4.69, 9.17) is 11.0 Å². The molecule has 0 spiro atoms. The summed E-state index contributed by atoms with van der Waals surface area (Å²) in [5.41, 5.74) is 2.77. The van der Waals surface area contributed by atoms with Crippen molar-refractivity contribution in [3.63, 3.8) is 0 Å². The number of anilines is 3. The quantitative estimate of drug-likeness (QED) is 0.240. The molecule has 0 amide bonds. The van der Waals surface area contributed by atoms with E-state index in [1.54, 1.807) is 12.1 Å². The van der Waals surface area contributed by atoms with Crippen LogP contribution < -0.4 is 4.90 Å². The zero-order chi connectivity index (χ0) is 28.7. The molecule has 32 heavy (non-hydrogen) atoms. The van der Waals surface area contributed by atoms with Crippen LogP contribution in [0.5, 0.6) is 0 Å². The summed E-state index contributed by atoms with van der Waals surface area (Å²) in [5, 5.41) is 0. The van der Waals surface area contributed by atoms with Crippen LogP contribution in [0.3, 0.4) is 0 Å². The molecular formula is C30H22BrN. The highest BCUT2D eigenvalue weighted by molar-refractivity contribution is 9.10. The van der Waals surface area contributed by atoms with Crippen molar-refractivity contribution in [2.75, 3.05) is 4.90 Å². The zero-order valence-electron chi connectivity index (χ0n) is 24.9. The van der Waals surface area contributed by atoms with E-state index in [0.29, 0.717) is 5.56 Å². The second-order valence-electron chi connectivity index (χ2n) is 6.99. The van der Waals surface area contributed by atoms with Crippen molar-refractivity contribution >= 4 is 33.0 Å². The van der Waals surface area contributed by atoms with Gasteiger partial charge in [-0.05, 0) is 70.7 Å². The topological polar surface area (TPSA) is 3.24 Å². The summed E-state index contributed by atoms with van der Waals surface area (Å²) in [4.78, 5) is 2.07. The highest BCUT2D eigenvalue weighted by atomic mass is 79.9. The van der Waals surface area contributed by atoms with Crippen molar-refractivity contribution in [2.24, 2.45) is 0 Å². The van der Waals surface area contributed by atoms with Crippen molar-refractivity contribution in [2.45, 2.75) is 0 Å². The predicted molar refractivity (Wildman–Crippen MR) is 140 cm³/mol. The largest absolute Gasteiger partial charge is 0.311 e. The summed E-state index contributed by atoms with van der Waals surface area (Å²) in [6, 6.07) is 23.8. The molecule has 0 heterocycles. The molecule has 0 aliphatic heterocycles. The average molecular weight is 484 g/mol. The Bertz CT molecular complexity index is 1630. The van der Waals surface area contributed by atoms with Crippen molar-refractivity contribution in [3.8, 4) is 22.3 Å². The van der Waals surface area contributed by atoms with Crippen molar-refractivity contribution in [3.05, 3.63) is 138 Å². The Hall–Kier alpha value is -3.62. The second kappa shape index (κ2) is 9.25. The summed E-state index contributed by atoms with van der Waals surface area (Å²) in [6.07, 6.45) is 0. The smallest absolute Gasteiger partial charge is 0.0635 e. The van der Waals surface area contributed by atoms with Gasteiger partial charge in [0.05, 0.1) is 11.0 Å². The molecule has 154 valence electrons. The fourth-order valence-corrected chi connectivity index (χ4v) is 3.58. The molecule has 0 saturated carbocycles. The number of para-hydroxylation sites is 2. The standard InChI is InChI=1S/C30H22BrN/c31-27-19-15-25(16-20-27)23-11-13-24(14-12-23)26-17-21-30(22-18-26)32(28-7-3-1-4-8-28)29-9-5-2-6-10-29/h1-22H/i11D,12D,13D,14D,15D,16D,19D,20D. The Balaban J connectivity index is 1.64. The average Bonchev–Trinajstić information content (AvgIpc) is 2.98. The van der Waals surface area contributed by atoms with E-state index in [1.165, 1.54) is 0 Å². The van der Waals surface area contributed by atoms with E-state index < -0.39 is 24.2 Å². The van der Waals surface area contributed by atoms with Crippen LogP contribution in [0.15, 0.2) is 138 Å². The van der Waals surface area contributed by atoms with Crippen LogP contribution >= 0.6 is 15.9 Å². The van der Waals surface area contributed by atoms with E-state index in [-0.39, 0.29) is 45.3 Å². The summed E-state index contributed by atoms with van der Waals surface area (Å²) >= 11 is 3.05. The summed E-state index contributed by atoms with van der Waals surface area (Å²) < 4.78 is 67.7. The lowest BCUT2D eigenvalue weighted by atomic mass is 10.00. The number of nitrogens with zero attached hydrogens (tertiary/aromatic N) is 1. The summed E-state index contributed by atoms with van der Waals surface area (Å²) in [5.74, 6) is 0. The number of rotatable bonds is 5.